The lowest BCUT2D eigenvalue weighted by Gasteiger charge is -2.32. The van der Waals surface area contributed by atoms with Crippen LogP contribution in [0, 0.1) is 11.7 Å². The van der Waals surface area contributed by atoms with Gasteiger partial charge in [0.15, 0.2) is 0 Å². The van der Waals surface area contributed by atoms with Crippen molar-refractivity contribution < 1.29 is 14.0 Å². The fourth-order valence-corrected chi connectivity index (χ4v) is 3.67. The molecular formula is C21H23FN2O2S. The van der Waals surface area contributed by atoms with E-state index >= 15 is 0 Å². The van der Waals surface area contributed by atoms with E-state index in [0.717, 1.165) is 18.4 Å². The van der Waals surface area contributed by atoms with Crippen molar-refractivity contribution in [3.8, 4) is 0 Å². The lowest BCUT2D eigenvalue weighted by atomic mass is 9.96. The summed E-state index contributed by atoms with van der Waals surface area (Å²) in [4.78, 5) is 27.9. The molecule has 0 spiro atoms. The zero-order valence-corrected chi connectivity index (χ0v) is 16.1. The highest BCUT2D eigenvalue weighted by atomic mass is 32.2. The van der Waals surface area contributed by atoms with Gasteiger partial charge >= 0.3 is 0 Å². The number of piperidine rings is 1. The van der Waals surface area contributed by atoms with Crippen molar-refractivity contribution in [2.45, 2.75) is 24.3 Å². The average molecular weight is 386 g/mol. The van der Waals surface area contributed by atoms with Gasteiger partial charge in [-0.2, -0.15) is 0 Å². The van der Waals surface area contributed by atoms with E-state index < -0.39 is 5.82 Å². The van der Waals surface area contributed by atoms with E-state index in [4.69, 9.17) is 0 Å². The maximum Gasteiger partial charge on any atom is 0.256 e. The Morgan fingerprint density at radius 3 is 2.63 bits per heavy atom. The van der Waals surface area contributed by atoms with Crippen molar-refractivity contribution in [1.82, 2.24) is 10.2 Å². The number of hydrogen-bond donors (Lipinski definition) is 1. The Bertz CT molecular complexity index is 810. The van der Waals surface area contributed by atoms with Crippen LogP contribution in [0.3, 0.4) is 0 Å². The van der Waals surface area contributed by atoms with Crippen LogP contribution in [0.25, 0.3) is 0 Å². The highest BCUT2D eigenvalue weighted by Gasteiger charge is 2.29. The van der Waals surface area contributed by atoms with Gasteiger partial charge in [-0.25, -0.2) is 4.39 Å². The van der Waals surface area contributed by atoms with Crippen molar-refractivity contribution in [1.29, 1.82) is 0 Å². The van der Waals surface area contributed by atoms with Crippen LogP contribution < -0.4 is 5.32 Å². The zero-order valence-electron chi connectivity index (χ0n) is 15.3. The first kappa shape index (κ1) is 19.4. The van der Waals surface area contributed by atoms with Gasteiger partial charge in [-0.15, -0.1) is 11.8 Å². The Balaban J connectivity index is 1.57. The van der Waals surface area contributed by atoms with Crippen LogP contribution in [0.5, 0.6) is 0 Å². The zero-order chi connectivity index (χ0) is 19.2. The number of hydrogen-bond acceptors (Lipinski definition) is 3. The fraction of sp³-hybridized carbons (Fsp3) is 0.333. The molecule has 0 radical (unpaired) electrons. The Hall–Kier alpha value is -2.34. The minimum atomic E-state index is -0.525. The van der Waals surface area contributed by atoms with Gasteiger partial charge < -0.3 is 10.2 Å². The van der Waals surface area contributed by atoms with Gasteiger partial charge in [0.2, 0.25) is 5.91 Å². The predicted molar refractivity (Wildman–Crippen MR) is 105 cm³/mol. The summed E-state index contributed by atoms with van der Waals surface area (Å²) in [6.45, 7) is 1.34. The first-order chi connectivity index (χ1) is 13.1. The molecule has 142 valence electrons. The number of nitrogens with one attached hydrogen (secondary N) is 1. The van der Waals surface area contributed by atoms with E-state index in [0.29, 0.717) is 19.6 Å². The summed E-state index contributed by atoms with van der Waals surface area (Å²) in [5.41, 5.74) is 1.10. The SMILES string of the molecule is CSc1ccc(CNC(=O)[C@H]2CCCN(C(=O)c3ccccc3F)C2)cc1. The quantitative estimate of drug-likeness (QED) is 0.797. The summed E-state index contributed by atoms with van der Waals surface area (Å²) >= 11 is 1.68. The smallest absolute Gasteiger partial charge is 0.256 e. The highest BCUT2D eigenvalue weighted by Crippen LogP contribution is 2.20. The maximum atomic E-state index is 13.9. The van der Waals surface area contributed by atoms with Gasteiger partial charge in [-0.05, 0) is 48.9 Å². The number of halogens is 1. The van der Waals surface area contributed by atoms with Gasteiger partial charge in [-0.1, -0.05) is 24.3 Å². The van der Waals surface area contributed by atoms with Crippen molar-refractivity contribution in [2.75, 3.05) is 19.3 Å². The Kier molecular flexibility index (Phi) is 6.50. The molecule has 1 aliphatic rings. The molecule has 1 fully saturated rings. The highest BCUT2D eigenvalue weighted by molar-refractivity contribution is 7.98. The average Bonchev–Trinajstić information content (AvgIpc) is 2.72. The third-order valence-corrected chi connectivity index (χ3v) is 5.55. The van der Waals surface area contributed by atoms with Gasteiger partial charge in [0.1, 0.15) is 5.82 Å². The minimum Gasteiger partial charge on any atom is -0.352 e. The summed E-state index contributed by atoms with van der Waals surface area (Å²) in [6.07, 6.45) is 3.49. The monoisotopic (exact) mass is 386 g/mol. The Morgan fingerprint density at radius 2 is 1.93 bits per heavy atom. The molecule has 2 aromatic rings. The lowest BCUT2D eigenvalue weighted by Crippen LogP contribution is -2.45. The number of thioether (sulfide) groups is 1. The number of nitrogens with zero attached hydrogens (tertiary/aromatic N) is 1. The second kappa shape index (κ2) is 9.04. The van der Waals surface area contributed by atoms with Crippen LogP contribution >= 0.6 is 11.8 Å². The second-order valence-electron chi connectivity index (χ2n) is 6.64. The molecule has 1 aliphatic heterocycles. The normalized spacial score (nSPS) is 16.8. The second-order valence-corrected chi connectivity index (χ2v) is 7.52. The number of likely N-dealkylation sites (tertiary alicyclic amines) is 1. The van der Waals surface area contributed by atoms with Gasteiger partial charge in [0.25, 0.3) is 5.91 Å². The largest absolute Gasteiger partial charge is 0.352 e. The van der Waals surface area contributed by atoms with E-state index in [1.165, 1.54) is 17.0 Å². The van der Waals surface area contributed by atoms with Gasteiger partial charge in [0.05, 0.1) is 11.5 Å². The molecule has 1 saturated heterocycles. The molecule has 0 aromatic heterocycles. The van der Waals surface area contributed by atoms with Crippen molar-refractivity contribution in [2.24, 2.45) is 5.92 Å². The molecule has 4 nitrogen and oxygen atoms in total. The molecule has 27 heavy (non-hydrogen) atoms. The molecular weight excluding hydrogens is 363 g/mol. The number of amides is 2. The van der Waals surface area contributed by atoms with E-state index in [1.807, 2.05) is 30.5 Å². The van der Waals surface area contributed by atoms with Crippen LogP contribution in [0.1, 0.15) is 28.8 Å². The molecule has 2 aromatic carbocycles. The summed E-state index contributed by atoms with van der Waals surface area (Å²) in [6, 6.07) is 14.0. The Labute approximate surface area is 163 Å². The van der Waals surface area contributed by atoms with E-state index in [9.17, 15) is 14.0 Å². The third kappa shape index (κ3) is 4.89. The molecule has 1 heterocycles. The van der Waals surface area contributed by atoms with E-state index in [1.54, 1.807) is 28.8 Å². The minimum absolute atomic E-state index is 0.0602. The molecule has 0 saturated carbocycles. The van der Waals surface area contributed by atoms with Crippen LogP contribution in [0.15, 0.2) is 53.4 Å². The fourth-order valence-electron chi connectivity index (χ4n) is 3.26. The van der Waals surface area contributed by atoms with Crippen molar-refractivity contribution in [3.63, 3.8) is 0 Å². The van der Waals surface area contributed by atoms with E-state index in [-0.39, 0.29) is 23.3 Å². The topological polar surface area (TPSA) is 49.4 Å². The lowest BCUT2D eigenvalue weighted by molar-refractivity contribution is -0.126. The molecule has 3 rings (SSSR count). The van der Waals surface area contributed by atoms with Crippen LogP contribution in [0.2, 0.25) is 0 Å². The molecule has 2 amide bonds. The van der Waals surface area contributed by atoms with Crippen molar-refractivity contribution >= 4 is 23.6 Å². The standard InChI is InChI=1S/C21H23FN2O2S/c1-27-17-10-8-15(9-11-17)13-23-20(25)16-5-4-12-24(14-16)21(26)18-6-2-3-7-19(18)22/h2-3,6-11,16H,4-5,12-14H2,1H3,(H,23,25)/t16-/m0/s1. The first-order valence-corrected chi connectivity index (χ1v) is 10.3. The molecule has 0 unspecified atom stereocenters. The van der Waals surface area contributed by atoms with Gasteiger partial charge in [0, 0.05) is 24.5 Å². The summed E-state index contributed by atoms with van der Waals surface area (Å²) in [7, 11) is 0. The maximum absolute atomic E-state index is 13.9. The number of carbonyl (C=O) groups excluding carboxylic acids is 2. The molecule has 0 bridgehead atoms. The number of rotatable bonds is 5. The predicted octanol–water partition coefficient (Wildman–Crippen LogP) is 3.72. The van der Waals surface area contributed by atoms with Crippen LogP contribution in [0.4, 0.5) is 4.39 Å². The molecule has 1 atom stereocenters. The Morgan fingerprint density at radius 1 is 1.19 bits per heavy atom. The first-order valence-electron chi connectivity index (χ1n) is 9.03. The summed E-state index contributed by atoms with van der Waals surface area (Å²) in [5, 5.41) is 2.96. The van der Waals surface area contributed by atoms with Gasteiger partial charge in [-0.3, -0.25) is 9.59 Å². The third-order valence-electron chi connectivity index (χ3n) is 4.81. The number of carbonyl (C=O) groups is 2. The summed E-state index contributed by atoms with van der Waals surface area (Å²) in [5.74, 6) is -1.20. The van der Waals surface area contributed by atoms with E-state index in [2.05, 4.69) is 5.32 Å². The van der Waals surface area contributed by atoms with Crippen LogP contribution in [-0.4, -0.2) is 36.1 Å². The molecule has 0 aliphatic carbocycles. The number of benzene rings is 2. The summed E-state index contributed by atoms with van der Waals surface area (Å²) < 4.78 is 13.9. The van der Waals surface area contributed by atoms with Crippen LogP contribution in [-0.2, 0) is 11.3 Å². The molecule has 6 heteroatoms. The molecule has 1 N–H and O–H groups in total. The van der Waals surface area contributed by atoms with Crippen molar-refractivity contribution in [3.05, 3.63) is 65.5 Å².